The van der Waals surface area contributed by atoms with Gasteiger partial charge < -0.3 is 35.6 Å². The van der Waals surface area contributed by atoms with Gasteiger partial charge in [-0.3, -0.25) is 34.3 Å². The molecule has 32 heteroatoms. The molecule has 3 aromatic carbocycles. The highest BCUT2D eigenvalue weighted by molar-refractivity contribution is 6.23. The number of amides is 4. The van der Waals surface area contributed by atoms with Crippen molar-refractivity contribution in [1.29, 1.82) is 0 Å². The maximum atomic E-state index is 13.4. The van der Waals surface area contributed by atoms with Crippen molar-refractivity contribution in [2.75, 3.05) is 54.8 Å². The number of piperidine rings is 3. The van der Waals surface area contributed by atoms with E-state index in [4.69, 9.17) is 55.2 Å². The molecular formula is C53H49F9N12O11. The fourth-order valence-corrected chi connectivity index (χ4v) is 10.0. The van der Waals surface area contributed by atoms with E-state index in [9.17, 15) is 58.7 Å². The van der Waals surface area contributed by atoms with E-state index in [1.807, 2.05) is 77.7 Å². The molecule has 5 aliphatic rings. The fourth-order valence-electron chi connectivity index (χ4n) is 10.0. The lowest BCUT2D eigenvalue weighted by atomic mass is 9.72. The van der Waals surface area contributed by atoms with E-state index in [1.54, 1.807) is 12.1 Å². The number of hydrogen-bond donors (Lipinski definition) is 5. The zero-order chi connectivity index (χ0) is 61.8. The Bertz CT molecular complexity index is 3420. The molecule has 0 bridgehead atoms. The molecule has 1 atom stereocenters. The third-order valence-electron chi connectivity index (χ3n) is 14.3. The van der Waals surface area contributed by atoms with Crippen LogP contribution in [0, 0.1) is 5.41 Å². The highest BCUT2D eigenvalue weighted by Gasteiger charge is 2.48. The number of halogens is 9. The monoisotopic (exact) mass is 1200 g/mol. The predicted octanol–water partition coefficient (Wildman–Crippen LogP) is 6.90. The van der Waals surface area contributed by atoms with E-state index >= 15 is 0 Å². The van der Waals surface area contributed by atoms with E-state index in [0.29, 0.717) is 16.9 Å². The number of rotatable bonds is 9. The second-order valence-electron chi connectivity index (χ2n) is 20.0. The number of ether oxygens (including phenoxy) is 1. The summed E-state index contributed by atoms with van der Waals surface area (Å²) in [7, 11) is 0. The average Bonchev–Trinajstić information content (AvgIpc) is 2.06. The summed E-state index contributed by atoms with van der Waals surface area (Å²) in [5.41, 5.74) is 11.6. The molecule has 85 heavy (non-hydrogen) atoms. The molecule has 4 amide bonds. The van der Waals surface area contributed by atoms with Gasteiger partial charge in [0.05, 0.1) is 22.6 Å². The van der Waals surface area contributed by atoms with E-state index in [0.717, 1.165) is 127 Å². The van der Waals surface area contributed by atoms with E-state index in [2.05, 4.69) is 30.0 Å². The lowest BCUT2D eigenvalue weighted by Crippen LogP contribution is -2.61. The summed E-state index contributed by atoms with van der Waals surface area (Å²) in [6.07, 6.45) is -5.84. The first-order valence-corrected chi connectivity index (χ1v) is 25.6. The molecule has 0 radical (unpaired) electrons. The van der Waals surface area contributed by atoms with Gasteiger partial charge in [0.2, 0.25) is 17.8 Å². The number of imide groups is 2. The van der Waals surface area contributed by atoms with E-state index < -0.39 is 66.1 Å². The highest BCUT2D eigenvalue weighted by Crippen LogP contribution is 2.43. The van der Waals surface area contributed by atoms with E-state index in [1.165, 1.54) is 6.33 Å². The number of nitrogens with zero attached hydrogens (tertiary/aromatic N) is 10. The van der Waals surface area contributed by atoms with Crippen molar-refractivity contribution >= 4 is 70.0 Å². The Labute approximate surface area is 473 Å². The van der Waals surface area contributed by atoms with Crippen LogP contribution in [0.2, 0.25) is 0 Å². The van der Waals surface area contributed by atoms with Crippen LogP contribution in [0.4, 0.5) is 57.0 Å². The molecule has 5 aliphatic heterocycles. The molecule has 8 heterocycles. The number of benzene rings is 3. The Morgan fingerprint density at radius 2 is 1.24 bits per heavy atom. The van der Waals surface area contributed by atoms with Crippen LogP contribution in [-0.4, -0.2) is 160 Å². The Balaban J connectivity index is 0.000000384. The molecule has 1 spiro atoms. The summed E-state index contributed by atoms with van der Waals surface area (Å²) in [4.78, 5) is 104. The number of carbonyl (C=O) groups is 7. The molecule has 23 nitrogen and oxygen atoms in total. The summed E-state index contributed by atoms with van der Waals surface area (Å²) >= 11 is 0. The van der Waals surface area contributed by atoms with Crippen molar-refractivity contribution in [1.82, 2.24) is 44.8 Å². The number of fused-ring (bicyclic) bond motifs is 2. The number of carboxylic acids is 3. The van der Waals surface area contributed by atoms with E-state index in [-0.39, 0.29) is 24.3 Å². The molecule has 0 saturated carbocycles. The molecule has 0 aliphatic carbocycles. The SMILES string of the molecule is Nc1ncnc2c1c(-c1ccc(Oc3ccccc3)cc1)nn2C1CCN(Cc2cnc(N3CC4(CCN(c5ccc6c(c5)C(=O)N(C5CCC(=O)NC5=O)C6=O)CC4)C3)nc2)CC1.O=C(O)C(F)(F)F.O=C(O)C(F)(F)F.O=C(O)C(F)(F)F. The Morgan fingerprint density at radius 3 is 1.79 bits per heavy atom. The van der Waals surface area contributed by atoms with Crippen molar-refractivity contribution in [2.45, 2.75) is 75.7 Å². The Morgan fingerprint density at radius 1 is 0.682 bits per heavy atom. The summed E-state index contributed by atoms with van der Waals surface area (Å²) < 4.78 is 103. The fraction of sp³-hybridized carbons (Fsp3) is 0.358. The minimum absolute atomic E-state index is 0.0901. The van der Waals surface area contributed by atoms with Crippen LogP contribution in [-0.2, 0) is 30.5 Å². The molecule has 1 unspecified atom stereocenters. The van der Waals surface area contributed by atoms with Crippen LogP contribution in [0.15, 0.2) is 91.5 Å². The van der Waals surface area contributed by atoms with Gasteiger partial charge in [0, 0.05) is 86.9 Å². The summed E-state index contributed by atoms with van der Waals surface area (Å²) in [5, 5.41) is 29.5. The number of alkyl halides is 9. The molecule has 4 saturated heterocycles. The molecular weight excluding hydrogens is 1150 g/mol. The van der Waals surface area contributed by atoms with Gasteiger partial charge in [-0.2, -0.15) is 44.6 Å². The predicted molar refractivity (Wildman–Crippen MR) is 278 cm³/mol. The summed E-state index contributed by atoms with van der Waals surface area (Å²) in [5.74, 6) is -7.58. The minimum Gasteiger partial charge on any atom is -0.475 e. The van der Waals surface area contributed by atoms with Gasteiger partial charge in [-0.15, -0.1) is 0 Å². The molecule has 11 rings (SSSR count). The number of carbonyl (C=O) groups excluding carboxylic acids is 4. The van der Waals surface area contributed by atoms with Crippen molar-refractivity contribution in [3.8, 4) is 22.8 Å². The number of nitrogens with one attached hydrogen (secondary N) is 1. The summed E-state index contributed by atoms with van der Waals surface area (Å²) in [6.45, 7) is 5.97. The Hall–Kier alpha value is -9.49. The van der Waals surface area contributed by atoms with Gasteiger partial charge in [0.25, 0.3) is 11.8 Å². The topological polar surface area (TPSA) is 310 Å². The first-order chi connectivity index (χ1) is 40.0. The standard InChI is InChI=1S/C47H46N12O5.3C2HF3O2/c48-41-39-40(30-6-9-34(10-7-30)64-33-4-2-1-3-5-33)54-59(42(39)52-28-51-41)31-14-18-55(19-15-31)25-29-23-49-46(50-24-29)57-26-47(27-57)16-20-56(21-17-47)32-8-11-35-36(22-32)45(63)58(44(35)62)37-12-13-38(60)53-43(37)61;3*3-2(4,5)1(6)7/h1-11,22-24,28,31,37H,12-21,25-27H2,(H2,48,51,52)(H,53,60,61);3*(H,6,7). The van der Waals surface area contributed by atoms with Gasteiger partial charge >= 0.3 is 36.4 Å². The lowest BCUT2D eigenvalue weighted by molar-refractivity contribution is -0.193. The number of aromatic nitrogens is 6. The first-order valence-electron chi connectivity index (χ1n) is 25.6. The normalized spacial score (nSPS) is 18.0. The zero-order valence-electron chi connectivity index (χ0n) is 44.1. The molecule has 6 N–H and O–H groups in total. The second kappa shape index (κ2) is 24.8. The largest absolute Gasteiger partial charge is 0.490 e. The number of para-hydroxylation sites is 1. The Kier molecular flexibility index (Phi) is 17.9. The van der Waals surface area contributed by atoms with Gasteiger partial charge in [0.15, 0.2) is 5.65 Å². The third kappa shape index (κ3) is 14.5. The molecule has 3 aromatic heterocycles. The number of anilines is 3. The number of aliphatic carboxylic acids is 3. The molecule has 450 valence electrons. The van der Waals surface area contributed by atoms with Gasteiger partial charge in [-0.1, -0.05) is 18.2 Å². The number of hydrogen-bond acceptors (Lipinski definition) is 17. The zero-order valence-corrected chi connectivity index (χ0v) is 44.1. The number of nitrogen functional groups attached to an aromatic ring is 1. The van der Waals surface area contributed by atoms with Crippen LogP contribution < -0.4 is 25.6 Å². The van der Waals surface area contributed by atoms with Crippen LogP contribution in [0.25, 0.3) is 22.3 Å². The second-order valence-corrected chi connectivity index (χ2v) is 20.0. The van der Waals surface area contributed by atoms with Crippen molar-refractivity contribution < 1.29 is 93.1 Å². The number of carboxylic acid groups (broad SMARTS) is 3. The van der Waals surface area contributed by atoms with Gasteiger partial charge in [-0.05, 0) is 86.7 Å². The van der Waals surface area contributed by atoms with Crippen LogP contribution in [0.3, 0.4) is 0 Å². The van der Waals surface area contributed by atoms with Crippen LogP contribution in [0.5, 0.6) is 11.5 Å². The van der Waals surface area contributed by atoms with Crippen LogP contribution in [0.1, 0.15) is 70.8 Å². The number of likely N-dealkylation sites (tertiary alicyclic amines) is 1. The smallest absolute Gasteiger partial charge is 0.475 e. The van der Waals surface area contributed by atoms with Gasteiger partial charge in [0.1, 0.15) is 35.4 Å². The molecule has 6 aromatic rings. The maximum absolute atomic E-state index is 13.4. The quantitative estimate of drug-likeness (QED) is 0.0726. The summed E-state index contributed by atoms with van der Waals surface area (Å²) in [6, 6.07) is 22.1. The third-order valence-corrected chi connectivity index (χ3v) is 14.3. The highest BCUT2D eigenvalue weighted by atomic mass is 19.4. The van der Waals surface area contributed by atoms with Crippen molar-refractivity contribution in [3.05, 3.63) is 108 Å². The maximum Gasteiger partial charge on any atom is 0.490 e. The van der Waals surface area contributed by atoms with Crippen molar-refractivity contribution in [3.63, 3.8) is 0 Å². The molecule has 4 fully saturated rings. The minimum atomic E-state index is -5.08. The van der Waals surface area contributed by atoms with Crippen LogP contribution >= 0.6 is 0 Å². The lowest BCUT2D eigenvalue weighted by Gasteiger charge is -2.54. The number of nitrogens with two attached hydrogens (primary N) is 1. The van der Waals surface area contributed by atoms with Crippen molar-refractivity contribution in [2.24, 2.45) is 5.41 Å². The van der Waals surface area contributed by atoms with Gasteiger partial charge in [-0.25, -0.2) is 39.0 Å². The average molecular weight is 1200 g/mol. The first kappa shape index (κ1) is 61.6.